The molecule has 76 valence electrons. The highest BCUT2D eigenvalue weighted by Crippen LogP contribution is 2.26. The van der Waals surface area contributed by atoms with Crippen molar-refractivity contribution in [2.75, 3.05) is 0 Å². The van der Waals surface area contributed by atoms with E-state index >= 15 is 0 Å². The van der Waals surface area contributed by atoms with Gasteiger partial charge in [-0.25, -0.2) is 4.39 Å². The van der Waals surface area contributed by atoms with E-state index in [1.807, 2.05) is 37.3 Å². The molecule has 0 bridgehead atoms. The zero-order valence-corrected chi connectivity index (χ0v) is 9.88. The molecule has 0 fully saturated rings. The molecule has 0 aliphatic rings. The summed E-state index contributed by atoms with van der Waals surface area (Å²) in [5, 5.41) is 0. The molecule has 15 heavy (non-hydrogen) atoms. The molecular formula is C13H10BrF. The molecule has 0 aromatic heterocycles. The average Bonchev–Trinajstić information content (AvgIpc) is 2.23. The van der Waals surface area contributed by atoms with Crippen molar-refractivity contribution in [3.63, 3.8) is 0 Å². The number of hydrogen-bond acceptors (Lipinski definition) is 0. The van der Waals surface area contributed by atoms with Gasteiger partial charge in [0.1, 0.15) is 5.82 Å². The summed E-state index contributed by atoms with van der Waals surface area (Å²) < 4.78 is 13.8. The molecule has 2 heteroatoms. The largest absolute Gasteiger partial charge is 0.206 e. The van der Waals surface area contributed by atoms with E-state index in [2.05, 4.69) is 15.9 Å². The Kier molecular flexibility index (Phi) is 2.87. The van der Waals surface area contributed by atoms with E-state index < -0.39 is 0 Å². The number of hydrogen-bond donors (Lipinski definition) is 0. The van der Waals surface area contributed by atoms with E-state index in [1.165, 1.54) is 0 Å². The first kappa shape index (κ1) is 10.4. The minimum absolute atomic E-state index is 0.226. The molecule has 0 atom stereocenters. The van der Waals surface area contributed by atoms with Gasteiger partial charge in [0.05, 0.1) is 4.47 Å². The van der Waals surface area contributed by atoms with Crippen LogP contribution in [0.2, 0.25) is 0 Å². The van der Waals surface area contributed by atoms with E-state index in [0.717, 1.165) is 16.7 Å². The second-order valence-electron chi connectivity index (χ2n) is 3.44. The first-order valence-electron chi connectivity index (χ1n) is 4.69. The molecule has 0 spiro atoms. The van der Waals surface area contributed by atoms with Crippen LogP contribution in [0.15, 0.2) is 46.9 Å². The lowest BCUT2D eigenvalue weighted by molar-refractivity contribution is 0.621. The fraction of sp³-hybridized carbons (Fsp3) is 0.0769. The van der Waals surface area contributed by atoms with Crippen molar-refractivity contribution in [2.45, 2.75) is 6.92 Å². The molecule has 0 unspecified atom stereocenters. The topological polar surface area (TPSA) is 0 Å². The Hall–Kier alpha value is -1.15. The lowest BCUT2D eigenvalue weighted by atomic mass is 10.0. The van der Waals surface area contributed by atoms with Gasteiger partial charge in [0.15, 0.2) is 0 Å². The van der Waals surface area contributed by atoms with Crippen LogP contribution >= 0.6 is 15.9 Å². The van der Waals surface area contributed by atoms with Crippen LogP contribution in [0.3, 0.4) is 0 Å². The molecule has 0 saturated carbocycles. The molecule has 2 rings (SSSR count). The Morgan fingerprint density at radius 1 is 1.07 bits per heavy atom. The fourth-order valence-electron chi connectivity index (χ4n) is 1.56. The Labute approximate surface area is 96.9 Å². The van der Waals surface area contributed by atoms with Crippen LogP contribution in [0.4, 0.5) is 4.39 Å². The van der Waals surface area contributed by atoms with Gasteiger partial charge in [-0.05, 0) is 51.7 Å². The quantitative estimate of drug-likeness (QED) is 0.708. The fourth-order valence-corrected chi connectivity index (χ4v) is 1.81. The standard InChI is InChI=1S/C13H10BrF/c1-9-4-2-3-5-11(9)10-6-7-12(14)13(15)8-10/h2-8H,1H3. The SMILES string of the molecule is Cc1ccccc1-c1ccc(Br)c(F)c1. The first-order valence-corrected chi connectivity index (χ1v) is 5.49. The highest BCUT2D eigenvalue weighted by Gasteiger charge is 2.04. The molecule has 0 aliphatic heterocycles. The molecule has 0 aliphatic carbocycles. The maximum absolute atomic E-state index is 13.3. The molecular weight excluding hydrogens is 255 g/mol. The van der Waals surface area contributed by atoms with Gasteiger partial charge in [-0.2, -0.15) is 0 Å². The minimum Gasteiger partial charge on any atom is -0.206 e. The van der Waals surface area contributed by atoms with Crippen LogP contribution in [0.1, 0.15) is 5.56 Å². The first-order chi connectivity index (χ1) is 7.18. The van der Waals surface area contributed by atoms with Gasteiger partial charge in [0, 0.05) is 0 Å². The van der Waals surface area contributed by atoms with Crippen molar-refractivity contribution in [3.05, 3.63) is 58.3 Å². The van der Waals surface area contributed by atoms with Gasteiger partial charge in [-0.3, -0.25) is 0 Å². The minimum atomic E-state index is -0.226. The second kappa shape index (κ2) is 4.15. The summed E-state index contributed by atoms with van der Waals surface area (Å²) in [6, 6.07) is 13.2. The third-order valence-corrected chi connectivity index (χ3v) is 3.02. The van der Waals surface area contributed by atoms with E-state index in [0.29, 0.717) is 4.47 Å². The van der Waals surface area contributed by atoms with Gasteiger partial charge >= 0.3 is 0 Å². The smallest absolute Gasteiger partial charge is 0.137 e. The van der Waals surface area contributed by atoms with Gasteiger partial charge in [-0.15, -0.1) is 0 Å². The summed E-state index contributed by atoms with van der Waals surface area (Å²) in [6.45, 7) is 2.02. The third kappa shape index (κ3) is 2.10. The highest BCUT2D eigenvalue weighted by molar-refractivity contribution is 9.10. The van der Waals surface area contributed by atoms with Gasteiger partial charge < -0.3 is 0 Å². The van der Waals surface area contributed by atoms with Crippen LogP contribution in [-0.2, 0) is 0 Å². The molecule has 0 radical (unpaired) electrons. The normalized spacial score (nSPS) is 10.3. The Bertz CT molecular complexity index is 492. The molecule has 2 aromatic carbocycles. The number of benzene rings is 2. The van der Waals surface area contributed by atoms with Crippen LogP contribution in [0.5, 0.6) is 0 Å². The van der Waals surface area contributed by atoms with Crippen LogP contribution < -0.4 is 0 Å². The van der Waals surface area contributed by atoms with Gasteiger partial charge in [0.25, 0.3) is 0 Å². The maximum Gasteiger partial charge on any atom is 0.137 e. The van der Waals surface area contributed by atoms with Crippen molar-refractivity contribution >= 4 is 15.9 Å². The highest BCUT2D eigenvalue weighted by atomic mass is 79.9. The summed E-state index contributed by atoms with van der Waals surface area (Å²) in [7, 11) is 0. The maximum atomic E-state index is 13.3. The number of aryl methyl sites for hydroxylation is 1. The second-order valence-corrected chi connectivity index (χ2v) is 4.30. The number of halogens is 2. The van der Waals surface area contributed by atoms with Crippen molar-refractivity contribution in [1.29, 1.82) is 0 Å². The monoisotopic (exact) mass is 264 g/mol. The van der Waals surface area contributed by atoms with Crippen molar-refractivity contribution < 1.29 is 4.39 Å². The molecule has 0 saturated heterocycles. The zero-order chi connectivity index (χ0) is 10.8. The van der Waals surface area contributed by atoms with Crippen molar-refractivity contribution in [2.24, 2.45) is 0 Å². The Morgan fingerprint density at radius 3 is 2.47 bits per heavy atom. The van der Waals surface area contributed by atoms with Crippen molar-refractivity contribution in [3.8, 4) is 11.1 Å². The molecule has 0 N–H and O–H groups in total. The summed E-state index contributed by atoms with van der Waals surface area (Å²) in [6.07, 6.45) is 0. The van der Waals surface area contributed by atoms with Crippen LogP contribution in [0.25, 0.3) is 11.1 Å². The predicted octanol–water partition coefficient (Wildman–Crippen LogP) is 4.56. The lowest BCUT2D eigenvalue weighted by Crippen LogP contribution is -1.84. The summed E-state index contributed by atoms with van der Waals surface area (Å²) in [5.41, 5.74) is 3.14. The van der Waals surface area contributed by atoms with E-state index in [1.54, 1.807) is 12.1 Å². The lowest BCUT2D eigenvalue weighted by Gasteiger charge is -2.06. The summed E-state index contributed by atoms with van der Waals surface area (Å²) in [5.74, 6) is -0.226. The molecule has 0 nitrogen and oxygen atoms in total. The Morgan fingerprint density at radius 2 is 1.80 bits per heavy atom. The van der Waals surface area contributed by atoms with E-state index in [9.17, 15) is 4.39 Å². The Balaban J connectivity index is 2.55. The van der Waals surface area contributed by atoms with E-state index in [4.69, 9.17) is 0 Å². The summed E-state index contributed by atoms with van der Waals surface area (Å²) in [4.78, 5) is 0. The average molecular weight is 265 g/mol. The van der Waals surface area contributed by atoms with Crippen LogP contribution in [0, 0.1) is 12.7 Å². The van der Waals surface area contributed by atoms with Crippen molar-refractivity contribution in [1.82, 2.24) is 0 Å². The third-order valence-electron chi connectivity index (χ3n) is 2.38. The van der Waals surface area contributed by atoms with Crippen LogP contribution in [-0.4, -0.2) is 0 Å². The number of rotatable bonds is 1. The van der Waals surface area contributed by atoms with Gasteiger partial charge in [-0.1, -0.05) is 30.3 Å². The predicted molar refractivity (Wildman–Crippen MR) is 64.3 cm³/mol. The summed E-state index contributed by atoms with van der Waals surface area (Å²) >= 11 is 3.15. The molecule has 0 heterocycles. The van der Waals surface area contributed by atoms with E-state index in [-0.39, 0.29) is 5.82 Å². The molecule has 0 amide bonds. The zero-order valence-electron chi connectivity index (χ0n) is 8.30. The van der Waals surface area contributed by atoms with Gasteiger partial charge in [0.2, 0.25) is 0 Å². The molecule has 2 aromatic rings.